The van der Waals surface area contributed by atoms with E-state index in [0.717, 1.165) is 0 Å². The van der Waals surface area contributed by atoms with Crippen molar-refractivity contribution in [3.63, 3.8) is 0 Å². The van der Waals surface area contributed by atoms with Gasteiger partial charge in [0, 0.05) is 0 Å². The van der Waals surface area contributed by atoms with E-state index in [1.54, 1.807) is 0 Å². The molecule has 0 spiro atoms. The largest absolute Gasteiger partial charge is 0.197 e. The number of halogens is 1. The molecule has 2 heteroatoms. The lowest BCUT2D eigenvalue weighted by atomic mass is 10.4. The smallest absolute Gasteiger partial charge is 0.0623 e. The molecule has 0 nitrogen and oxygen atoms in total. The molecule has 1 aromatic rings. The maximum atomic E-state index is 2.00. The Hall–Kier alpha value is -0.140. The zero-order chi connectivity index (χ0) is 4.24. The van der Waals surface area contributed by atoms with E-state index in [2.05, 4.69) is 0 Å². The van der Waals surface area contributed by atoms with Gasteiger partial charge in [0.05, 0.1) is 0 Å². The quantitative estimate of drug-likeness (QED) is 0.530. The van der Waals surface area contributed by atoms with E-state index in [1.807, 2.05) is 36.4 Å². The van der Waals surface area contributed by atoms with Crippen molar-refractivity contribution in [1.82, 2.24) is 0 Å². The molecule has 1 aromatic carbocycles. The van der Waals surface area contributed by atoms with Crippen LogP contribution in [0.2, 0.25) is 0 Å². The van der Waals surface area contributed by atoms with Crippen molar-refractivity contribution in [3.05, 3.63) is 36.4 Å². The maximum Gasteiger partial charge on any atom is -0.0623 e. The zero-order valence-corrected chi connectivity index (χ0v) is 6.19. The summed E-state index contributed by atoms with van der Waals surface area (Å²) in [5, 5.41) is 0. The molecular weight excluding hydrogens is 140 g/mol. The van der Waals surface area contributed by atoms with E-state index < -0.39 is 0 Å². The second kappa shape index (κ2) is 6.86. The SMILES string of the molecule is Cl.S.c1ccccc1. The van der Waals surface area contributed by atoms with Gasteiger partial charge in [0.25, 0.3) is 0 Å². The lowest BCUT2D eigenvalue weighted by Crippen LogP contribution is -1.47. The summed E-state index contributed by atoms with van der Waals surface area (Å²) in [6.45, 7) is 0. The summed E-state index contributed by atoms with van der Waals surface area (Å²) in [5.41, 5.74) is 0. The van der Waals surface area contributed by atoms with E-state index in [1.165, 1.54) is 0 Å². The summed E-state index contributed by atoms with van der Waals surface area (Å²) in [6, 6.07) is 12.0. The highest BCUT2D eigenvalue weighted by Gasteiger charge is 1.57. The average Bonchev–Trinajstić information content (AvgIpc) is 1.72. The van der Waals surface area contributed by atoms with Gasteiger partial charge in [-0.05, 0) is 0 Å². The molecule has 0 aliphatic rings. The molecule has 0 amide bonds. The summed E-state index contributed by atoms with van der Waals surface area (Å²) in [7, 11) is 0. The van der Waals surface area contributed by atoms with Crippen LogP contribution in [0.15, 0.2) is 36.4 Å². The molecule has 0 aromatic heterocycles. The van der Waals surface area contributed by atoms with Crippen LogP contribution in [0.3, 0.4) is 0 Å². The van der Waals surface area contributed by atoms with E-state index in [0.29, 0.717) is 0 Å². The molecule has 0 heterocycles. The third-order valence-electron chi connectivity index (χ3n) is 0.667. The fraction of sp³-hybridized carbons (Fsp3) is 0. The summed E-state index contributed by atoms with van der Waals surface area (Å²) in [5.74, 6) is 0. The molecule has 0 unspecified atom stereocenters. The van der Waals surface area contributed by atoms with Gasteiger partial charge in [-0.2, -0.15) is 13.5 Å². The minimum Gasteiger partial charge on any atom is -0.197 e. The van der Waals surface area contributed by atoms with Crippen molar-refractivity contribution in [2.24, 2.45) is 0 Å². The normalized spacial score (nSPS) is 6.00. The van der Waals surface area contributed by atoms with Crippen LogP contribution in [0.4, 0.5) is 0 Å². The van der Waals surface area contributed by atoms with Gasteiger partial charge in [0.1, 0.15) is 0 Å². The predicted molar refractivity (Wildman–Crippen MR) is 44.1 cm³/mol. The van der Waals surface area contributed by atoms with E-state index in [4.69, 9.17) is 0 Å². The zero-order valence-electron chi connectivity index (χ0n) is 4.37. The van der Waals surface area contributed by atoms with Crippen LogP contribution >= 0.6 is 25.9 Å². The van der Waals surface area contributed by atoms with Gasteiger partial charge in [0.2, 0.25) is 0 Å². The van der Waals surface area contributed by atoms with Crippen LogP contribution in [-0.2, 0) is 0 Å². The molecule has 0 aliphatic carbocycles. The number of hydrogen-bond donors (Lipinski definition) is 0. The summed E-state index contributed by atoms with van der Waals surface area (Å²) < 4.78 is 0. The van der Waals surface area contributed by atoms with Gasteiger partial charge < -0.3 is 0 Å². The van der Waals surface area contributed by atoms with Crippen LogP contribution < -0.4 is 0 Å². The van der Waals surface area contributed by atoms with Crippen molar-refractivity contribution in [1.29, 1.82) is 0 Å². The summed E-state index contributed by atoms with van der Waals surface area (Å²) in [6.07, 6.45) is 0. The van der Waals surface area contributed by atoms with Gasteiger partial charge in [0.15, 0.2) is 0 Å². The van der Waals surface area contributed by atoms with Gasteiger partial charge in [-0.1, -0.05) is 36.4 Å². The third-order valence-corrected chi connectivity index (χ3v) is 0.667. The first-order valence-electron chi connectivity index (χ1n) is 2.00. The van der Waals surface area contributed by atoms with Crippen LogP contribution in [-0.4, -0.2) is 0 Å². The van der Waals surface area contributed by atoms with E-state index in [-0.39, 0.29) is 25.9 Å². The van der Waals surface area contributed by atoms with Crippen molar-refractivity contribution >= 4 is 25.9 Å². The molecule has 0 fully saturated rings. The third kappa shape index (κ3) is 4.03. The second-order valence-electron chi connectivity index (χ2n) is 1.15. The van der Waals surface area contributed by atoms with Gasteiger partial charge in [-0.25, -0.2) is 0 Å². The second-order valence-corrected chi connectivity index (χ2v) is 1.15. The highest BCUT2D eigenvalue weighted by Crippen LogP contribution is 1.79. The molecule has 0 radical (unpaired) electrons. The maximum absolute atomic E-state index is 2.00. The molecule has 0 bridgehead atoms. The first-order valence-corrected chi connectivity index (χ1v) is 2.00. The van der Waals surface area contributed by atoms with Crippen LogP contribution in [0.1, 0.15) is 0 Å². The minimum absolute atomic E-state index is 0. The lowest BCUT2D eigenvalue weighted by molar-refractivity contribution is 1.72. The molecule has 0 aliphatic heterocycles. The lowest BCUT2D eigenvalue weighted by Gasteiger charge is -1.69. The standard InChI is InChI=1S/C6H6.ClH.H2S/c1-2-4-6-5-3-1;;/h1-6H;1H;1H2. The predicted octanol–water partition coefficient (Wildman–Crippen LogP) is 2.22. The number of hydrogen-bond acceptors (Lipinski definition) is 0. The Morgan fingerprint density at radius 1 is 0.500 bits per heavy atom. The molecule has 46 valence electrons. The Labute approximate surface area is 62.8 Å². The fourth-order valence-corrected chi connectivity index (χ4v) is 0.385. The van der Waals surface area contributed by atoms with Crippen LogP contribution in [0.25, 0.3) is 0 Å². The van der Waals surface area contributed by atoms with Crippen LogP contribution in [0.5, 0.6) is 0 Å². The highest BCUT2D eigenvalue weighted by atomic mass is 35.5. The molecule has 0 saturated heterocycles. The molecule has 1 rings (SSSR count). The minimum atomic E-state index is 0. The van der Waals surface area contributed by atoms with E-state index in [9.17, 15) is 0 Å². The summed E-state index contributed by atoms with van der Waals surface area (Å²) >= 11 is 0. The van der Waals surface area contributed by atoms with Crippen molar-refractivity contribution in [2.45, 2.75) is 0 Å². The van der Waals surface area contributed by atoms with Gasteiger partial charge in [-0.15, -0.1) is 12.4 Å². The number of benzene rings is 1. The van der Waals surface area contributed by atoms with Gasteiger partial charge >= 0.3 is 0 Å². The van der Waals surface area contributed by atoms with E-state index >= 15 is 0 Å². The monoisotopic (exact) mass is 148 g/mol. The Bertz CT molecular complexity index is 80.5. The molecular formula is C6H9ClS. The van der Waals surface area contributed by atoms with Crippen LogP contribution in [0, 0.1) is 0 Å². The Balaban J connectivity index is 0. The Kier molecular flexibility index (Phi) is 9.24. The van der Waals surface area contributed by atoms with Crippen molar-refractivity contribution in [2.75, 3.05) is 0 Å². The van der Waals surface area contributed by atoms with Gasteiger partial charge in [-0.3, -0.25) is 0 Å². The Morgan fingerprint density at radius 3 is 0.750 bits per heavy atom. The molecule has 0 atom stereocenters. The van der Waals surface area contributed by atoms with Crippen molar-refractivity contribution < 1.29 is 0 Å². The average molecular weight is 149 g/mol. The highest BCUT2D eigenvalue weighted by molar-refractivity contribution is 7.59. The first-order chi connectivity index (χ1) is 3.00. The molecule has 0 saturated carbocycles. The number of rotatable bonds is 0. The fourth-order valence-electron chi connectivity index (χ4n) is 0.385. The summed E-state index contributed by atoms with van der Waals surface area (Å²) in [4.78, 5) is 0. The Morgan fingerprint density at radius 2 is 0.625 bits per heavy atom. The topological polar surface area (TPSA) is 0 Å². The first kappa shape index (κ1) is 10.8. The van der Waals surface area contributed by atoms with Crippen molar-refractivity contribution in [3.8, 4) is 0 Å². The molecule has 0 N–H and O–H groups in total. The molecule has 8 heavy (non-hydrogen) atoms.